The van der Waals surface area contributed by atoms with Crippen molar-refractivity contribution in [1.82, 2.24) is 15.2 Å². The second-order valence-corrected chi connectivity index (χ2v) is 4.62. The number of aromatic nitrogens is 3. The zero-order valence-corrected chi connectivity index (χ0v) is 11.7. The molecule has 0 saturated carbocycles. The maximum atomic E-state index is 5.70. The molecule has 1 aromatic carbocycles. The summed E-state index contributed by atoms with van der Waals surface area (Å²) in [5, 5.41) is 11.2. The van der Waals surface area contributed by atoms with Crippen molar-refractivity contribution in [2.75, 3.05) is 5.32 Å². The summed E-state index contributed by atoms with van der Waals surface area (Å²) >= 11 is 4.86. The predicted octanol–water partition coefficient (Wildman–Crippen LogP) is 2.45. The van der Waals surface area contributed by atoms with Gasteiger partial charge in [0.05, 0.1) is 11.3 Å². The highest BCUT2D eigenvalue weighted by Crippen LogP contribution is 2.28. The third kappa shape index (κ3) is 2.87. The first-order valence-electron chi connectivity index (χ1n) is 6.14. The SMILES string of the molecule is NC(=S)Nc1ccccc1-c1nnc(-c2ccncc2)o1. The lowest BCUT2D eigenvalue weighted by Crippen LogP contribution is -2.19. The van der Waals surface area contributed by atoms with E-state index in [0.717, 1.165) is 16.8 Å². The van der Waals surface area contributed by atoms with Gasteiger partial charge in [-0.2, -0.15) is 0 Å². The van der Waals surface area contributed by atoms with Crippen LogP contribution < -0.4 is 11.1 Å². The minimum atomic E-state index is 0.177. The molecule has 0 saturated heterocycles. The first kappa shape index (κ1) is 13.2. The molecule has 0 unspecified atom stereocenters. The summed E-state index contributed by atoms with van der Waals surface area (Å²) in [6.07, 6.45) is 3.34. The number of hydrogen-bond acceptors (Lipinski definition) is 5. The van der Waals surface area contributed by atoms with Crippen molar-refractivity contribution in [1.29, 1.82) is 0 Å². The van der Waals surface area contributed by atoms with E-state index in [1.165, 1.54) is 0 Å². The molecule has 0 fully saturated rings. The first-order valence-corrected chi connectivity index (χ1v) is 6.54. The molecule has 21 heavy (non-hydrogen) atoms. The van der Waals surface area contributed by atoms with Gasteiger partial charge in [0.1, 0.15) is 0 Å². The molecule has 0 radical (unpaired) electrons. The molecule has 2 heterocycles. The lowest BCUT2D eigenvalue weighted by atomic mass is 10.2. The van der Waals surface area contributed by atoms with Gasteiger partial charge in [0.15, 0.2) is 5.11 Å². The molecule has 3 N–H and O–H groups in total. The van der Waals surface area contributed by atoms with Crippen LogP contribution in [0.25, 0.3) is 22.9 Å². The van der Waals surface area contributed by atoms with Crippen molar-refractivity contribution in [2.24, 2.45) is 5.73 Å². The maximum Gasteiger partial charge on any atom is 0.250 e. The Bertz CT molecular complexity index is 772. The Morgan fingerprint density at radius 1 is 1.05 bits per heavy atom. The molecule has 3 aromatic rings. The average molecular weight is 297 g/mol. The van der Waals surface area contributed by atoms with Crippen LogP contribution in [0.4, 0.5) is 5.69 Å². The number of thiocarbonyl (C=S) groups is 1. The first-order chi connectivity index (χ1) is 10.2. The van der Waals surface area contributed by atoms with Crippen LogP contribution in [0.2, 0.25) is 0 Å². The molecule has 3 rings (SSSR count). The Labute approximate surface area is 126 Å². The lowest BCUT2D eigenvalue weighted by Gasteiger charge is -2.07. The Kier molecular flexibility index (Phi) is 3.57. The second kappa shape index (κ2) is 5.68. The molecule has 0 bridgehead atoms. The summed E-state index contributed by atoms with van der Waals surface area (Å²) in [6, 6.07) is 11.0. The van der Waals surface area contributed by atoms with E-state index >= 15 is 0 Å². The van der Waals surface area contributed by atoms with Gasteiger partial charge in [-0.05, 0) is 36.5 Å². The largest absolute Gasteiger partial charge is 0.416 e. The zero-order valence-electron chi connectivity index (χ0n) is 10.9. The Morgan fingerprint density at radius 2 is 1.76 bits per heavy atom. The highest BCUT2D eigenvalue weighted by molar-refractivity contribution is 7.80. The van der Waals surface area contributed by atoms with Crippen LogP contribution in [0.1, 0.15) is 0 Å². The van der Waals surface area contributed by atoms with E-state index in [4.69, 9.17) is 22.4 Å². The molecule has 0 aliphatic carbocycles. The molecule has 0 aliphatic rings. The Hall–Kier alpha value is -2.80. The molecule has 7 heteroatoms. The van der Waals surface area contributed by atoms with Crippen LogP contribution in [0, 0.1) is 0 Å². The number of nitrogens with one attached hydrogen (secondary N) is 1. The number of anilines is 1. The standard InChI is InChI=1S/C14H11N5OS/c15-14(21)17-11-4-2-1-3-10(11)13-19-18-12(20-13)9-5-7-16-8-6-9/h1-8H,(H3,15,17,21). The molecule has 104 valence electrons. The summed E-state index contributed by atoms with van der Waals surface area (Å²) in [7, 11) is 0. The second-order valence-electron chi connectivity index (χ2n) is 4.18. The van der Waals surface area contributed by atoms with Gasteiger partial charge < -0.3 is 15.5 Å². The fourth-order valence-corrected chi connectivity index (χ4v) is 1.96. The fraction of sp³-hybridized carbons (Fsp3) is 0. The van der Waals surface area contributed by atoms with Gasteiger partial charge in [0.2, 0.25) is 11.8 Å². The number of nitrogens with two attached hydrogens (primary N) is 1. The van der Waals surface area contributed by atoms with Crippen LogP contribution in [0.5, 0.6) is 0 Å². The van der Waals surface area contributed by atoms with E-state index in [2.05, 4.69) is 20.5 Å². The minimum absolute atomic E-state index is 0.177. The minimum Gasteiger partial charge on any atom is -0.416 e. The topological polar surface area (TPSA) is 89.9 Å². The maximum absolute atomic E-state index is 5.70. The summed E-state index contributed by atoms with van der Waals surface area (Å²) < 4.78 is 5.70. The van der Waals surface area contributed by atoms with E-state index < -0.39 is 0 Å². The fourth-order valence-electron chi connectivity index (χ4n) is 1.85. The number of para-hydroxylation sites is 1. The number of hydrogen-bond donors (Lipinski definition) is 2. The number of pyridine rings is 1. The molecule has 0 spiro atoms. The molecule has 0 aliphatic heterocycles. The quantitative estimate of drug-likeness (QED) is 0.718. The molecular weight excluding hydrogens is 286 g/mol. The normalized spacial score (nSPS) is 10.3. The van der Waals surface area contributed by atoms with Gasteiger partial charge in [-0.25, -0.2) is 0 Å². The van der Waals surface area contributed by atoms with E-state index in [1.54, 1.807) is 24.5 Å². The smallest absolute Gasteiger partial charge is 0.250 e. The monoisotopic (exact) mass is 297 g/mol. The summed E-state index contributed by atoms with van der Waals surface area (Å²) in [6.45, 7) is 0. The van der Waals surface area contributed by atoms with Crippen molar-refractivity contribution >= 4 is 23.0 Å². The van der Waals surface area contributed by atoms with Gasteiger partial charge in [-0.1, -0.05) is 12.1 Å². The average Bonchev–Trinajstić information content (AvgIpc) is 2.98. The lowest BCUT2D eigenvalue weighted by molar-refractivity contribution is 0.585. The van der Waals surface area contributed by atoms with Crippen LogP contribution in [-0.4, -0.2) is 20.3 Å². The predicted molar refractivity (Wildman–Crippen MR) is 83.4 cm³/mol. The molecular formula is C14H11N5OS. The Balaban J connectivity index is 1.99. The highest BCUT2D eigenvalue weighted by Gasteiger charge is 2.13. The van der Waals surface area contributed by atoms with E-state index in [9.17, 15) is 0 Å². The summed E-state index contributed by atoms with van der Waals surface area (Å²) in [4.78, 5) is 3.95. The van der Waals surface area contributed by atoms with Gasteiger partial charge >= 0.3 is 0 Å². The van der Waals surface area contributed by atoms with E-state index in [0.29, 0.717) is 11.8 Å². The van der Waals surface area contributed by atoms with Gasteiger partial charge in [-0.15, -0.1) is 10.2 Å². The van der Waals surface area contributed by atoms with Gasteiger partial charge in [0.25, 0.3) is 0 Å². The van der Waals surface area contributed by atoms with Crippen LogP contribution in [0.15, 0.2) is 53.2 Å². The number of benzene rings is 1. The number of nitrogens with zero attached hydrogens (tertiary/aromatic N) is 3. The molecule has 0 amide bonds. The third-order valence-corrected chi connectivity index (χ3v) is 2.87. The Morgan fingerprint density at radius 3 is 2.52 bits per heavy atom. The molecule has 2 aromatic heterocycles. The van der Waals surface area contributed by atoms with Crippen LogP contribution in [-0.2, 0) is 0 Å². The molecule has 6 nitrogen and oxygen atoms in total. The number of rotatable bonds is 3. The summed E-state index contributed by atoms with van der Waals surface area (Å²) in [5.74, 6) is 0.818. The van der Waals surface area contributed by atoms with Crippen molar-refractivity contribution in [3.05, 3.63) is 48.8 Å². The van der Waals surface area contributed by atoms with Crippen LogP contribution >= 0.6 is 12.2 Å². The van der Waals surface area contributed by atoms with Crippen LogP contribution in [0.3, 0.4) is 0 Å². The highest BCUT2D eigenvalue weighted by atomic mass is 32.1. The van der Waals surface area contributed by atoms with Crippen molar-refractivity contribution in [3.63, 3.8) is 0 Å². The third-order valence-electron chi connectivity index (χ3n) is 2.77. The van der Waals surface area contributed by atoms with Gasteiger partial charge in [-0.3, -0.25) is 4.98 Å². The molecule has 0 atom stereocenters. The van der Waals surface area contributed by atoms with E-state index in [-0.39, 0.29) is 5.11 Å². The van der Waals surface area contributed by atoms with Crippen molar-refractivity contribution in [3.8, 4) is 22.9 Å². The van der Waals surface area contributed by atoms with Gasteiger partial charge in [0, 0.05) is 18.0 Å². The van der Waals surface area contributed by atoms with Crippen molar-refractivity contribution in [2.45, 2.75) is 0 Å². The summed E-state index contributed by atoms with van der Waals surface area (Å²) in [5.41, 5.74) is 7.78. The zero-order chi connectivity index (χ0) is 14.7. The van der Waals surface area contributed by atoms with E-state index in [1.807, 2.05) is 24.3 Å². The van der Waals surface area contributed by atoms with Crippen molar-refractivity contribution < 1.29 is 4.42 Å².